The van der Waals surface area contributed by atoms with E-state index in [1.165, 1.54) is 34.1 Å². The van der Waals surface area contributed by atoms with Crippen LogP contribution in [0.2, 0.25) is 0 Å². The second-order valence-electron chi connectivity index (χ2n) is 5.47. The lowest BCUT2D eigenvalue weighted by atomic mass is 9.76. The molecule has 0 radical (unpaired) electrons. The van der Waals surface area contributed by atoms with Gasteiger partial charge in [0.2, 0.25) is 0 Å². The van der Waals surface area contributed by atoms with E-state index in [1.807, 2.05) is 0 Å². The van der Waals surface area contributed by atoms with Crippen molar-refractivity contribution < 1.29 is 0 Å². The molecule has 0 amide bonds. The van der Waals surface area contributed by atoms with Crippen molar-refractivity contribution >= 4 is 37.5 Å². The Morgan fingerprint density at radius 2 is 1.70 bits per heavy atom. The Kier molecular flexibility index (Phi) is 4.18. The van der Waals surface area contributed by atoms with Gasteiger partial charge >= 0.3 is 0 Å². The molecule has 1 nitrogen and oxygen atoms in total. The van der Waals surface area contributed by atoms with Gasteiger partial charge in [0.25, 0.3) is 0 Å². The Labute approximate surface area is 137 Å². The van der Waals surface area contributed by atoms with Crippen LogP contribution in [0, 0.1) is 6.92 Å². The molecule has 2 aromatic rings. The predicted molar refractivity (Wildman–Crippen MR) is 92.4 cm³/mol. The fraction of sp³-hybridized carbons (Fsp3) is 0.294. The lowest BCUT2D eigenvalue weighted by Crippen LogP contribution is -2.34. The Hall–Kier alpha value is -0.800. The zero-order valence-electron chi connectivity index (χ0n) is 11.4. The SMILES string of the molecule is Cc1c(Br)cccc1NC1CC(c2ccc(Br)cc2)C1. The van der Waals surface area contributed by atoms with E-state index in [-0.39, 0.29) is 0 Å². The smallest absolute Gasteiger partial charge is 0.0383 e. The van der Waals surface area contributed by atoms with Gasteiger partial charge in [-0.25, -0.2) is 0 Å². The van der Waals surface area contributed by atoms with Crippen LogP contribution >= 0.6 is 31.9 Å². The number of anilines is 1. The van der Waals surface area contributed by atoms with Gasteiger partial charge in [-0.2, -0.15) is 0 Å². The van der Waals surface area contributed by atoms with Gasteiger partial charge in [0.1, 0.15) is 0 Å². The van der Waals surface area contributed by atoms with Crippen LogP contribution in [0.15, 0.2) is 51.4 Å². The zero-order valence-corrected chi connectivity index (χ0v) is 14.5. The first-order valence-corrected chi connectivity index (χ1v) is 8.49. The summed E-state index contributed by atoms with van der Waals surface area (Å²) in [6, 6.07) is 15.7. The Bertz CT molecular complexity index is 601. The number of rotatable bonds is 3. The van der Waals surface area contributed by atoms with Gasteiger partial charge in [0.15, 0.2) is 0 Å². The minimum absolute atomic E-state index is 0.594. The van der Waals surface area contributed by atoms with E-state index in [0.717, 1.165) is 4.47 Å². The summed E-state index contributed by atoms with van der Waals surface area (Å²) in [6.45, 7) is 2.15. The first-order valence-electron chi connectivity index (χ1n) is 6.90. The van der Waals surface area contributed by atoms with Crippen LogP contribution < -0.4 is 5.32 Å². The van der Waals surface area contributed by atoms with Crippen molar-refractivity contribution in [1.29, 1.82) is 0 Å². The maximum absolute atomic E-state index is 3.66. The molecule has 3 rings (SSSR count). The van der Waals surface area contributed by atoms with Gasteiger partial charge in [-0.1, -0.05) is 50.1 Å². The van der Waals surface area contributed by atoms with Crippen LogP contribution in [0.3, 0.4) is 0 Å². The zero-order chi connectivity index (χ0) is 14.1. The van der Waals surface area contributed by atoms with Crippen LogP contribution in [0.4, 0.5) is 5.69 Å². The standard InChI is InChI=1S/C17H17Br2N/c1-11-16(19)3-2-4-17(11)20-15-9-13(10-15)12-5-7-14(18)8-6-12/h2-8,13,15,20H,9-10H2,1H3. The van der Waals surface area contributed by atoms with Gasteiger partial charge < -0.3 is 5.32 Å². The highest BCUT2D eigenvalue weighted by molar-refractivity contribution is 9.10. The molecule has 1 saturated carbocycles. The number of benzene rings is 2. The lowest BCUT2D eigenvalue weighted by Gasteiger charge is -2.37. The molecule has 20 heavy (non-hydrogen) atoms. The summed E-state index contributed by atoms with van der Waals surface area (Å²) in [4.78, 5) is 0. The van der Waals surface area contributed by atoms with Crippen molar-refractivity contribution in [2.24, 2.45) is 0 Å². The average Bonchev–Trinajstić information content (AvgIpc) is 2.39. The Morgan fingerprint density at radius 1 is 1.00 bits per heavy atom. The summed E-state index contributed by atoms with van der Waals surface area (Å²) in [5, 5.41) is 3.66. The summed E-state index contributed by atoms with van der Waals surface area (Å²) in [5.41, 5.74) is 4.00. The average molecular weight is 395 g/mol. The summed E-state index contributed by atoms with van der Waals surface area (Å²) < 4.78 is 2.33. The van der Waals surface area contributed by atoms with Gasteiger partial charge in [-0.05, 0) is 61.1 Å². The molecule has 1 fully saturated rings. The topological polar surface area (TPSA) is 12.0 Å². The van der Waals surface area contributed by atoms with E-state index in [0.29, 0.717) is 12.0 Å². The molecule has 1 aliphatic rings. The molecule has 0 heterocycles. The minimum atomic E-state index is 0.594. The highest BCUT2D eigenvalue weighted by Crippen LogP contribution is 2.39. The third-order valence-electron chi connectivity index (χ3n) is 4.11. The molecule has 0 spiro atoms. The van der Waals surface area contributed by atoms with Crippen LogP contribution in [0.5, 0.6) is 0 Å². The Morgan fingerprint density at radius 3 is 2.40 bits per heavy atom. The minimum Gasteiger partial charge on any atom is -0.382 e. The largest absolute Gasteiger partial charge is 0.382 e. The van der Waals surface area contributed by atoms with E-state index in [4.69, 9.17) is 0 Å². The molecule has 1 aliphatic carbocycles. The third kappa shape index (κ3) is 2.94. The molecule has 3 heteroatoms. The molecule has 0 aromatic heterocycles. The van der Waals surface area contributed by atoms with Crippen molar-refractivity contribution in [3.8, 4) is 0 Å². The summed E-state index contributed by atoms with van der Waals surface area (Å²) in [6.07, 6.45) is 2.43. The lowest BCUT2D eigenvalue weighted by molar-refractivity contribution is 0.374. The second-order valence-corrected chi connectivity index (χ2v) is 7.24. The fourth-order valence-electron chi connectivity index (χ4n) is 2.73. The molecule has 0 bridgehead atoms. The molecule has 2 aromatic carbocycles. The maximum atomic E-state index is 3.66. The summed E-state index contributed by atoms with van der Waals surface area (Å²) in [5.74, 6) is 0.702. The number of hydrogen-bond acceptors (Lipinski definition) is 1. The van der Waals surface area contributed by atoms with E-state index in [2.05, 4.69) is 86.6 Å². The van der Waals surface area contributed by atoms with Crippen LogP contribution in [0.25, 0.3) is 0 Å². The van der Waals surface area contributed by atoms with Crippen LogP contribution in [-0.2, 0) is 0 Å². The maximum Gasteiger partial charge on any atom is 0.0383 e. The van der Waals surface area contributed by atoms with Crippen molar-refractivity contribution in [2.75, 3.05) is 5.32 Å². The van der Waals surface area contributed by atoms with E-state index < -0.39 is 0 Å². The van der Waals surface area contributed by atoms with Gasteiger partial charge in [-0.3, -0.25) is 0 Å². The monoisotopic (exact) mass is 393 g/mol. The van der Waals surface area contributed by atoms with Gasteiger partial charge in [0.05, 0.1) is 0 Å². The summed E-state index contributed by atoms with van der Waals surface area (Å²) >= 11 is 7.08. The number of hydrogen-bond donors (Lipinski definition) is 1. The van der Waals surface area contributed by atoms with Gasteiger partial charge in [-0.15, -0.1) is 0 Å². The van der Waals surface area contributed by atoms with Gasteiger partial charge in [0, 0.05) is 20.7 Å². The number of halogens is 2. The quantitative estimate of drug-likeness (QED) is 0.685. The summed E-state index contributed by atoms with van der Waals surface area (Å²) in [7, 11) is 0. The van der Waals surface area contributed by atoms with Crippen LogP contribution in [0.1, 0.15) is 29.9 Å². The van der Waals surface area contributed by atoms with E-state index in [1.54, 1.807) is 0 Å². The second kappa shape index (κ2) is 5.90. The molecular weight excluding hydrogens is 378 g/mol. The molecule has 0 atom stereocenters. The molecule has 1 N–H and O–H groups in total. The van der Waals surface area contributed by atoms with E-state index in [9.17, 15) is 0 Å². The van der Waals surface area contributed by atoms with Crippen molar-refractivity contribution in [3.63, 3.8) is 0 Å². The molecule has 104 valence electrons. The molecule has 0 unspecified atom stereocenters. The predicted octanol–water partition coefficient (Wildman–Crippen LogP) is 5.88. The van der Waals surface area contributed by atoms with Crippen LogP contribution in [-0.4, -0.2) is 6.04 Å². The van der Waals surface area contributed by atoms with E-state index >= 15 is 0 Å². The van der Waals surface area contributed by atoms with Crippen molar-refractivity contribution in [1.82, 2.24) is 0 Å². The van der Waals surface area contributed by atoms with Crippen molar-refractivity contribution in [2.45, 2.75) is 31.7 Å². The highest BCUT2D eigenvalue weighted by atomic mass is 79.9. The molecular formula is C17H17Br2N. The first-order chi connectivity index (χ1) is 9.63. The fourth-order valence-corrected chi connectivity index (χ4v) is 3.36. The normalized spacial score (nSPS) is 21.4. The van der Waals surface area contributed by atoms with Crippen molar-refractivity contribution in [3.05, 3.63) is 62.5 Å². The highest BCUT2D eigenvalue weighted by Gasteiger charge is 2.30. The Balaban J connectivity index is 1.61. The first kappa shape index (κ1) is 14.2. The molecule has 0 saturated heterocycles. The molecule has 0 aliphatic heterocycles. The third-order valence-corrected chi connectivity index (χ3v) is 5.49. The number of nitrogens with one attached hydrogen (secondary N) is 1.